The number of piperidine rings is 1. The number of thiazole rings is 1. The largest absolute Gasteiger partial charge is 0.347 e. The smallest absolute Gasteiger partial charge is 0.224 e. The van der Waals surface area contributed by atoms with E-state index in [4.69, 9.17) is 0 Å². The van der Waals surface area contributed by atoms with E-state index in [2.05, 4.69) is 31.5 Å². The van der Waals surface area contributed by atoms with Crippen LogP contribution in [0.1, 0.15) is 30.8 Å². The van der Waals surface area contributed by atoms with Crippen molar-refractivity contribution < 1.29 is 4.79 Å². The highest BCUT2D eigenvalue weighted by atomic mass is 79.9. The van der Waals surface area contributed by atoms with Gasteiger partial charge < -0.3 is 10.6 Å². The number of amides is 1. The second-order valence-corrected chi connectivity index (χ2v) is 7.66. The number of nitrogens with zero attached hydrogens (tertiary/aromatic N) is 1. The number of rotatable bonds is 4. The van der Waals surface area contributed by atoms with Gasteiger partial charge in [-0.3, -0.25) is 4.79 Å². The van der Waals surface area contributed by atoms with Crippen molar-refractivity contribution in [2.75, 3.05) is 13.1 Å². The number of carbonyl (C=O) groups excluding carboxylic acids is 1. The van der Waals surface area contributed by atoms with Crippen molar-refractivity contribution in [2.45, 2.75) is 25.8 Å². The Morgan fingerprint density at radius 2 is 2.17 bits per heavy atom. The molecule has 2 unspecified atom stereocenters. The molecule has 1 saturated heterocycles. The van der Waals surface area contributed by atoms with Crippen LogP contribution in [0.15, 0.2) is 34.1 Å². The zero-order valence-electron chi connectivity index (χ0n) is 13.4. The van der Waals surface area contributed by atoms with Crippen molar-refractivity contribution in [1.82, 2.24) is 15.6 Å². The summed E-state index contributed by atoms with van der Waals surface area (Å²) in [4.78, 5) is 17.0. The number of hydrogen-bond donors (Lipinski definition) is 2. The fourth-order valence-electron chi connectivity index (χ4n) is 2.71. The molecule has 7 heteroatoms. The lowest BCUT2D eigenvalue weighted by Crippen LogP contribution is -2.41. The van der Waals surface area contributed by atoms with Crippen LogP contribution in [0.2, 0.25) is 0 Å². The molecule has 1 aromatic carbocycles. The summed E-state index contributed by atoms with van der Waals surface area (Å²) in [6.45, 7) is 3.79. The maximum Gasteiger partial charge on any atom is 0.224 e. The quantitative estimate of drug-likeness (QED) is 0.765. The molecule has 0 bridgehead atoms. The third kappa shape index (κ3) is 4.79. The number of benzene rings is 1. The van der Waals surface area contributed by atoms with E-state index >= 15 is 0 Å². The molecule has 0 spiro atoms. The van der Waals surface area contributed by atoms with Crippen LogP contribution in [0, 0.1) is 5.92 Å². The number of hydrogen-bond acceptors (Lipinski definition) is 4. The van der Waals surface area contributed by atoms with E-state index in [1.165, 1.54) is 0 Å². The van der Waals surface area contributed by atoms with E-state index in [-0.39, 0.29) is 30.3 Å². The van der Waals surface area contributed by atoms with Gasteiger partial charge in [0.25, 0.3) is 0 Å². The molecule has 24 heavy (non-hydrogen) atoms. The van der Waals surface area contributed by atoms with Crippen LogP contribution < -0.4 is 10.6 Å². The first-order valence-electron chi connectivity index (χ1n) is 7.86. The number of halogens is 2. The average molecular weight is 431 g/mol. The molecule has 4 nitrogen and oxygen atoms in total. The third-order valence-electron chi connectivity index (χ3n) is 4.06. The molecule has 0 saturated carbocycles. The maximum absolute atomic E-state index is 12.3. The highest BCUT2D eigenvalue weighted by Crippen LogP contribution is 2.26. The van der Waals surface area contributed by atoms with Crippen LogP contribution in [0.25, 0.3) is 11.3 Å². The van der Waals surface area contributed by atoms with Crippen LogP contribution >= 0.6 is 39.7 Å². The number of carbonyl (C=O) groups is 1. The molecule has 2 N–H and O–H groups in total. The van der Waals surface area contributed by atoms with Gasteiger partial charge in [-0.2, -0.15) is 0 Å². The van der Waals surface area contributed by atoms with Crippen LogP contribution in [0.5, 0.6) is 0 Å². The summed E-state index contributed by atoms with van der Waals surface area (Å²) in [6, 6.07) is 8.05. The Balaban J connectivity index is 0.00000208. The molecular weight excluding hydrogens is 410 g/mol. The van der Waals surface area contributed by atoms with Gasteiger partial charge in [-0.05, 0) is 38.4 Å². The minimum Gasteiger partial charge on any atom is -0.347 e. The third-order valence-corrected chi connectivity index (χ3v) is 5.61. The van der Waals surface area contributed by atoms with Gasteiger partial charge in [0, 0.05) is 22.0 Å². The molecule has 1 aromatic heterocycles. The Morgan fingerprint density at radius 1 is 1.42 bits per heavy atom. The fraction of sp³-hybridized carbons (Fsp3) is 0.412. The predicted octanol–water partition coefficient (Wildman–Crippen LogP) is 4.17. The second kappa shape index (κ2) is 8.94. The van der Waals surface area contributed by atoms with Crippen molar-refractivity contribution in [3.8, 4) is 11.3 Å². The highest BCUT2D eigenvalue weighted by Gasteiger charge is 2.23. The summed E-state index contributed by atoms with van der Waals surface area (Å²) < 4.78 is 1.05. The molecule has 2 aromatic rings. The first-order chi connectivity index (χ1) is 11.1. The molecule has 130 valence electrons. The molecule has 1 aliphatic rings. The molecule has 1 amide bonds. The van der Waals surface area contributed by atoms with Gasteiger partial charge in [0.05, 0.1) is 17.7 Å². The Kier molecular flexibility index (Phi) is 7.22. The topological polar surface area (TPSA) is 54.0 Å². The summed E-state index contributed by atoms with van der Waals surface area (Å²) in [6.07, 6.45) is 2.03. The standard InChI is InChI=1S/C17H20BrN3OS.ClH/c1-11(20-16(22)13-3-2-8-19-9-13)17-21-15(10-23-17)12-4-6-14(18)7-5-12;/h4-7,10-11,13,19H,2-3,8-9H2,1H3,(H,20,22);1H. The predicted molar refractivity (Wildman–Crippen MR) is 105 cm³/mol. The van der Waals surface area contributed by atoms with Gasteiger partial charge in [0.1, 0.15) is 5.01 Å². The maximum atomic E-state index is 12.3. The van der Waals surface area contributed by atoms with Crippen molar-refractivity contribution >= 4 is 45.6 Å². The van der Waals surface area contributed by atoms with Gasteiger partial charge in [-0.25, -0.2) is 4.98 Å². The van der Waals surface area contributed by atoms with Gasteiger partial charge in [0.2, 0.25) is 5.91 Å². The van der Waals surface area contributed by atoms with E-state index in [0.29, 0.717) is 0 Å². The summed E-state index contributed by atoms with van der Waals surface area (Å²) in [5.41, 5.74) is 2.05. The Morgan fingerprint density at radius 3 is 2.83 bits per heavy atom. The first kappa shape index (κ1) is 19.4. The van der Waals surface area contributed by atoms with Crippen LogP contribution in [-0.4, -0.2) is 24.0 Å². The van der Waals surface area contributed by atoms with E-state index in [1.807, 2.05) is 36.6 Å². The normalized spacial score (nSPS) is 18.5. The molecule has 0 aliphatic carbocycles. The summed E-state index contributed by atoms with van der Waals surface area (Å²) in [7, 11) is 0. The highest BCUT2D eigenvalue weighted by molar-refractivity contribution is 9.10. The average Bonchev–Trinajstić information content (AvgIpc) is 3.06. The van der Waals surface area contributed by atoms with Crippen LogP contribution in [0.4, 0.5) is 0 Å². The summed E-state index contributed by atoms with van der Waals surface area (Å²) >= 11 is 5.03. The molecule has 1 aliphatic heterocycles. The molecule has 0 radical (unpaired) electrons. The summed E-state index contributed by atoms with van der Waals surface area (Å²) in [5.74, 6) is 0.210. The lowest BCUT2D eigenvalue weighted by atomic mass is 9.98. The van der Waals surface area contributed by atoms with Crippen molar-refractivity contribution in [2.24, 2.45) is 5.92 Å². The van der Waals surface area contributed by atoms with Gasteiger partial charge >= 0.3 is 0 Å². The van der Waals surface area contributed by atoms with Crippen molar-refractivity contribution in [3.05, 3.63) is 39.1 Å². The Labute approximate surface area is 161 Å². The van der Waals surface area contributed by atoms with E-state index in [0.717, 1.165) is 46.7 Å². The van der Waals surface area contributed by atoms with E-state index < -0.39 is 0 Å². The molecule has 3 rings (SSSR count). The minimum atomic E-state index is -0.0568. The van der Waals surface area contributed by atoms with Gasteiger partial charge in [-0.15, -0.1) is 23.7 Å². The second-order valence-electron chi connectivity index (χ2n) is 5.85. The first-order valence-corrected chi connectivity index (χ1v) is 9.53. The van der Waals surface area contributed by atoms with Gasteiger partial charge in [-0.1, -0.05) is 28.1 Å². The van der Waals surface area contributed by atoms with E-state index in [1.54, 1.807) is 11.3 Å². The molecule has 2 heterocycles. The number of nitrogens with one attached hydrogen (secondary N) is 2. The lowest BCUT2D eigenvalue weighted by molar-refractivity contribution is -0.126. The molecular formula is C17H21BrClN3OS. The fourth-order valence-corrected chi connectivity index (χ4v) is 3.81. The van der Waals surface area contributed by atoms with Crippen LogP contribution in [0.3, 0.4) is 0 Å². The van der Waals surface area contributed by atoms with Crippen molar-refractivity contribution in [3.63, 3.8) is 0 Å². The Bertz CT molecular complexity index is 671. The monoisotopic (exact) mass is 429 g/mol. The number of aromatic nitrogens is 1. The summed E-state index contributed by atoms with van der Waals surface area (Å²) in [5, 5.41) is 9.37. The Hall–Kier alpha value is -0.950. The zero-order valence-corrected chi connectivity index (χ0v) is 16.6. The van der Waals surface area contributed by atoms with Gasteiger partial charge in [0.15, 0.2) is 0 Å². The zero-order chi connectivity index (χ0) is 16.2. The van der Waals surface area contributed by atoms with Crippen LogP contribution in [-0.2, 0) is 4.79 Å². The lowest BCUT2D eigenvalue weighted by Gasteiger charge is -2.23. The minimum absolute atomic E-state index is 0. The SMILES string of the molecule is CC(NC(=O)C1CCCNC1)c1nc(-c2ccc(Br)cc2)cs1.Cl. The molecule has 1 fully saturated rings. The van der Waals surface area contributed by atoms with Crippen molar-refractivity contribution in [1.29, 1.82) is 0 Å². The van der Waals surface area contributed by atoms with E-state index in [9.17, 15) is 4.79 Å². The molecule has 2 atom stereocenters.